The van der Waals surface area contributed by atoms with Crippen LogP contribution in [0.2, 0.25) is 0 Å². The first-order chi connectivity index (χ1) is 15.9. The molecule has 3 heterocycles. The Kier molecular flexibility index (Phi) is 5.01. The molecule has 0 spiro atoms. The second kappa shape index (κ2) is 8.01. The van der Waals surface area contributed by atoms with Gasteiger partial charge in [-0.25, -0.2) is 4.79 Å². The lowest BCUT2D eigenvalue weighted by Crippen LogP contribution is -2.19. The van der Waals surface area contributed by atoms with E-state index in [9.17, 15) is 9.59 Å². The molecule has 33 heavy (non-hydrogen) atoms. The summed E-state index contributed by atoms with van der Waals surface area (Å²) in [5.41, 5.74) is 7.92. The summed E-state index contributed by atoms with van der Waals surface area (Å²) in [5, 5.41) is 1.47. The van der Waals surface area contributed by atoms with Gasteiger partial charge in [-0.2, -0.15) is 0 Å². The summed E-state index contributed by atoms with van der Waals surface area (Å²) in [6, 6.07) is 10.7. The number of amides is 1. The van der Waals surface area contributed by atoms with Crippen LogP contribution in [0.1, 0.15) is 21.7 Å². The van der Waals surface area contributed by atoms with Crippen LogP contribution in [0.25, 0.3) is 21.9 Å². The van der Waals surface area contributed by atoms with Crippen LogP contribution in [0.15, 0.2) is 47.0 Å². The minimum Gasteiger partial charge on any atom is -0.490 e. The van der Waals surface area contributed by atoms with Crippen LogP contribution in [0, 0.1) is 13.8 Å². The lowest BCUT2D eigenvalue weighted by molar-refractivity contribution is 0.0980. The molecule has 1 unspecified atom stereocenters. The van der Waals surface area contributed by atoms with Gasteiger partial charge in [0.1, 0.15) is 41.8 Å². The summed E-state index contributed by atoms with van der Waals surface area (Å²) in [6.07, 6.45) is 0.519. The highest BCUT2D eigenvalue weighted by Gasteiger charge is 2.25. The molecule has 1 fully saturated rings. The van der Waals surface area contributed by atoms with Gasteiger partial charge in [-0.15, -0.1) is 0 Å². The van der Waals surface area contributed by atoms with Crippen molar-refractivity contribution < 1.29 is 33.0 Å². The second-order valence-corrected chi connectivity index (χ2v) is 7.71. The highest BCUT2D eigenvalue weighted by atomic mass is 16.8. The van der Waals surface area contributed by atoms with Gasteiger partial charge in [0.25, 0.3) is 5.91 Å². The number of nitrogens with zero attached hydrogens (tertiary/aromatic N) is 1. The van der Waals surface area contributed by atoms with Crippen molar-refractivity contribution in [1.82, 2.24) is 4.98 Å². The molecule has 1 atom stereocenters. The van der Waals surface area contributed by atoms with E-state index in [0.29, 0.717) is 45.1 Å². The Morgan fingerprint density at radius 2 is 2.03 bits per heavy atom. The van der Waals surface area contributed by atoms with E-state index in [2.05, 4.69) is 4.98 Å². The Balaban J connectivity index is 1.41. The van der Waals surface area contributed by atoms with E-state index >= 15 is 0 Å². The van der Waals surface area contributed by atoms with Crippen LogP contribution >= 0.6 is 0 Å². The molecule has 2 N–H and O–H groups in total. The van der Waals surface area contributed by atoms with Crippen molar-refractivity contribution in [3.63, 3.8) is 0 Å². The fourth-order valence-electron chi connectivity index (χ4n) is 3.92. The fourth-order valence-corrected chi connectivity index (χ4v) is 3.92. The molecule has 2 aromatic heterocycles. The first-order valence-corrected chi connectivity index (χ1v) is 10.3. The molecule has 0 bridgehead atoms. The topological polar surface area (TPSA) is 123 Å². The first-order valence-electron chi connectivity index (χ1n) is 10.3. The highest BCUT2D eigenvalue weighted by molar-refractivity contribution is 6.07. The molecule has 2 aromatic carbocycles. The highest BCUT2D eigenvalue weighted by Crippen LogP contribution is 2.36. The Morgan fingerprint density at radius 3 is 2.79 bits per heavy atom. The number of carbonyl (C=O) groups is 2. The molecule has 9 heteroatoms. The minimum absolute atomic E-state index is 0.169. The van der Waals surface area contributed by atoms with Crippen molar-refractivity contribution in [1.29, 1.82) is 0 Å². The van der Waals surface area contributed by atoms with Gasteiger partial charge in [0, 0.05) is 29.1 Å². The van der Waals surface area contributed by atoms with Crippen LogP contribution in [0.4, 0.5) is 4.79 Å². The third-order valence-corrected chi connectivity index (χ3v) is 5.37. The molecule has 1 aliphatic rings. The van der Waals surface area contributed by atoms with Crippen LogP contribution in [0.3, 0.4) is 0 Å². The van der Waals surface area contributed by atoms with Gasteiger partial charge in [-0.05, 0) is 43.7 Å². The maximum atomic E-state index is 11.8. The fraction of sp³-hybridized carbons (Fsp3) is 0.208. The third-order valence-electron chi connectivity index (χ3n) is 5.37. The largest absolute Gasteiger partial charge is 0.508 e. The van der Waals surface area contributed by atoms with Gasteiger partial charge in [0.15, 0.2) is 6.10 Å². The van der Waals surface area contributed by atoms with Crippen LogP contribution in [-0.4, -0.2) is 36.4 Å². The van der Waals surface area contributed by atoms with Gasteiger partial charge < -0.3 is 29.1 Å². The average Bonchev–Trinajstić information content (AvgIpc) is 3.34. The Bertz CT molecular complexity index is 1410. The van der Waals surface area contributed by atoms with Gasteiger partial charge in [-0.3, -0.25) is 9.78 Å². The maximum absolute atomic E-state index is 11.8. The molecule has 0 radical (unpaired) electrons. The molecule has 1 aliphatic heterocycles. The van der Waals surface area contributed by atoms with Crippen LogP contribution in [-0.2, 0) is 9.47 Å². The number of carbonyl (C=O) groups excluding carboxylic acids is 2. The smallest absolute Gasteiger partial charge is 0.490 e. The summed E-state index contributed by atoms with van der Waals surface area (Å²) >= 11 is 0. The predicted octanol–water partition coefficient (Wildman–Crippen LogP) is 4.40. The van der Waals surface area contributed by atoms with Gasteiger partial charge in [-0.1, -0.05) is 0 Å². The number of aryl methyl sites for hydroxylation is 2. The molecule has 9 nitrogen and oxygen atoms in total. The van der Waals surface area contributed by atoms with Gasteiger partial charge in [0.05, 0.1) is 11.1 Å². The van der Waals surface area contributed by atoms with E-state index in [1.54, 1.807) is 37.4 Å². The number of pyridine rings is 1. The van der Waals surface area contributed by atoms with Crippen molar-refractivity contribution in [2.24, 2.45) is 5.73 Å². The van der Waals surface area contributed by atoms with Crippen molar-refractivity contribution in [2.45, 2.75) is 20.0 Å². The SMILES string of the molecule is Cc1oc2cc(Oc3ccnc4cc(OCC5COC(=O)O5)ccc34)cc(C)c2c1C(N)=O. The molecular formula is C24H20N2O7. The number of fused-ring (bicyclic) bond motifs is 2. The molecule has 168 valence electrons. The maximum Gasteiger partial charge on any atom is 0.508 e. The summed E-state index contributed by atoms with van der Waals surface area (Å²) in [4.78, 5) is 27.2. The van der Waals surface area contributed by atoms with Crippen molar-refractivity contribution in [2.75, 3.05) is 13.2 Å². The zero-order valence-corrected chi connectivity index (χ0v) is 17.9. The molecular weight excluding hydrogens is 428 g/mol. The van der Waals surface area contributed by atoms with Gasteiger partial charge in [0.2, 0.25) is 0 Å². The predicted molar refractivity (Wildman–Crippen MR) is 118 cm³/mol. The molecule has 0 aliphatic carbocycles. The van der Waals surface area contributed by atoms with E-state index in [-0.39, 0.29) is 13.2 Å². The standard InChI is InChI=1S/C24H20N2O7/c1-12-7-15(9-20-21(12)22(23(25)27)13(2)31-20)32-19-5-6-26-18-8-14(3-4-17(18)19)29-10-16-11-30-24(28)33-16/h3-9,16H,10-11H2,1-2H3,(H2,25,27). The first kappa shape index (κ1) is 20.6. The number of hydrogen-bond donors (Lipinski definition) is 1. The Labute approximate surface area is 188 Å². The molecule has 0 saturated carbocycles. The van der Waals surface area contributed by atoms with E-state index in [0.717, 1.165) is 10.9 Å². The number of nitrogens with two attached hydrogens (primary N) is 1. The zero-order chi connectivity index (χ0) is 23.1. The van der Waals surface area contributed by atoms with Crippen LogP contribution < -0.4 is 15.2 Å². The van der Waals surface area contributed by atoms with E-state index in [1.807, 2.05) is 19.1 Å². The second-order valence-electron chi connectivity index (χ2n) is 7.71. The molecule has 4 aromatic rings. The van der Waals surface area contributed by atoms with Crippen molar-refractivity contribution >= 4 is 33.9 Å². The van der Waals surface area contributed by atoms with Crippen LogP contribution in [0.5, 0.6) is 17.2 Å². The Morgan fingerprint density at radius 1 is 1.18 bits per heavy atom. The number of rotatable bonds is 6. The number of ether oxygens (including phenoxy) is 4. The molecule has 1 saturated heterocycles. The van der Waals surface area contributed by atoms with E-state index in [4.69, 9.17) is 29.1 Å². The lowest BCUT2D eigenvalue weighted by Gasteiger charge is -2.12. The number of benzene rings is 2. The monoisotopic (exact) mass is 448 g/mol. The Hall–Kier alpha value is -4.27. The van der Waals surface area contributed by atoms with Crippen molar-refractivity contribution in [3.8, 4) is 17.2 Å². The number of cyclic esters (lactones) is 2. The number of primary amides is 1. The van der Waals surface area contributed by atoms with Crippen molar-refractivity contribution in [3.05, 3.63) is 59.5 Å². The van der Waals surface area contributed by atoms with E-state index in [1.165, 1.54) is 0 Å². The lowest BCUT2D eigenvalue weighted by atomic mass is 10.1. The summed E-state index contributed by atoms with van der Waals surface area (Å²) in [5.74, 6) is 1.68. The van der Waals surface area contributed by atoms with E-state index < -0.39 is 18.2 Å². The number of hydrogen-bond acceptors (Lipinski definition) is 8. The summed E-state index contributed by atoms with van der Waals surface area (Å²) in [7, 11) is 0. The number of aromatic nitrogens is 1. The average molecular weight is 448 g/mol. The minimum atomic E-state index is -0.686. The zero-order valence-electron chi connectivity index (χ0n) is 17.9. The third kappa shape index (κ3) is 3.89. The quantitative estimate of drug-likeness (QED) is 0.431. The molecule has 1 amide bonds. The number of furan rings is 1. The summed E-state index contributed by atoms with van der Waals surface area (Å²) < 4.78 is 27.3. The van der Waals surface area contributed by atoms with Gasteiger partial charge >= 0.3 is 6.16 Å². The summed E-state index contributed by atoms with van der Waals surface area (Å²) in [6.45, 7) is 3.93. The normalized spacial score (nSPS) is 15.5. The molecule has 5 rings (SSSR count).